The van der Waals surface area contributed by atoms with Crippen LogP contribution in [0.2, 0.25) is 0 Å². The molecule has 2 N–H and O–H groups in total. The van der Waals surface area contributed by atoms with Crippen LogP contribution < -0.4 is 10.6 Å². The molecule has 0 saturated carbocycles. The number of nitrogens with two attached hydrogens (primary N) is 1. The maximum Gasteiger partial charge on any atom is 0.319 e. The topological polar surface area (TPSA) is 68.2 Å². The summed E-state index contributed by atoms with van der Waals surface area (Å²) in [6.45, 7) is 4.25. The van der Waals surface area contributed by atoms with E-state index in [-0.39, 0.29) is 6.01 Å². The number of hydrogen-bond acceptors (Lipinski definition) is 5. The number of rotatable bonds is 3. The predicted molar refractivity (Wildman–Crippen MR) is 53.9 cm³/mol. The molecule has 2 rings (SSSR count). The van der Waals surface area contributed by atoms with Gasteiger partial charge < -0.3 is 15.1 Å². The van der Waals surface area contributed by atoms with E-state index in [0.717, 1.165) is 19.0 Å². The van der Waals surface area contributed by atoms with Gasteiger partial charge in [0.05, 0.1) is 0 Å². The SMILES string of the molecule is CCCC1CCN(c2nnc(N)o2)C1. The summed E-state index contributed by atoms with van der Waals surface area (Å²) in [5, 5.41) is 7.53. The van der Waals surface area contributed by atoms with E-state index in [1.807, 2.05) is 0 Å². The van der Waals surface area contributed by atoms with Crippen LogP contribution in [-0.4, -0.2) is 23.3 Å². The minimum absolute atomic E-state index is 0.152. The molecule has 1 saturated heterocycles. The van der Waals surface area contributed by atoms with Crippen LogP contribution in [0.1, 0.15) is 26.2 Å². The van der Waals surface area contributed by atoms with Crippen LogP contribution in [0, 0.1) is 5.92 Å². The average Bonchev–Trinajstić information content (AvgIpc) is 2.74. The third kappa shape index (κ3) is 1.81. The molecule has 0 aromatic carbocycles. The molecule has 0 aliphatic carbocycles. The zero-order valence-electron chi connectivity index (χ0n) is 8.44. The Bertz CT molecular complexity index is 299. The lowest BCUT2D eigenvalue weighted by Crippen LogP contribution is -2.19. The van der Waals surface area contributed by atoms with Crippen molar-refractivity contribution in [1.29, 1.82) is 0 Å². The summed E-state index contributed by atoms with van der Waals surface area (Å²) in [4.78, 5) is 2.11. The van der Waals surface area contributed by atoms with Gasteiger partial charge in [0.2, 0.25) is 0 Å². The second-order valence-electron chi connectivity index (χ2n) is 3.81. The normalized spacial score (nSPS) is 21.8. The number of nitrogen functional groups attached to an aromatic ring is 1. The fourth-order valence-electron chi connectivity index (χ4n) is 2.00. The Balaban J connectivity index is 1.95. The lowest BCUT2D eigenvalue weighted by Gasteiger charge is -2.12. The summed E-state index contributed by atoms with van der Waals surface area (Å²) < 4.78 is 5.18. The van der Waals surface area contributed by atoms with Gasteiger partial charge in [0.1, 0.15) is 0 Å². The second-order valence-corrected chi connectivity index (χ2v) is 3.81. The first-order valence-electron chi connectivity index (χ1n) is 5.13. The lowest BCUT2D eigenvalue weighted by molar-refractivity contribution is 0.519. The maximum absolute atomic E-state index is 5.37. The van der Waals surface area contributed by atoms with Gasteiger partial charge in [-0.1, -0.05) is 23.5 Å². The molecule has 1 aromatic rings. The third-order valence-electron chi connectivity index (χ3n) is 2.68. The highest BCUT2D eigenvalue weighted by molar-refractivity contribution is 5.29. The van der Waals surface area contributed by atoms with Crippen LogP contribution in [0.5, 0.6) is 0 Å². The molecule has 1 atom stereocenters. The highest BCUT2D eigenvalue weighted by Gasteiger charge is 2.25. The van der Waals surface area contributed by atoms with Gasteiger partial charge in [0.25, 0.3) is 0 Å². The molecule has 1 aliphatic rings. The molecule has 0 spiro atoms. The van der Waals surface area contributed by atoms with Crippen molar-refractivity contribution in [1.82, 2.24) is 10.2 Å². The van der Waals surface area contributed by atoms with Crippen LogP contribution in [0.3, 0.4) is 0 Å². The van der Waals surface area contributed by atoms with Crippen molar-refractivity contribution in [3.8, 4) is 0 Å². The molecule has 5 nitrogen and oxygen atoms in total. The predicted octanol–water partition coefficient (Wildman–Crippen LogP) is 1.28. The standard InChI is InChI=1S/C9H16N4O/c1-2-3-7-4-5-13(6-7)9-12-11-8(10)14-9/h7H,2-6H2,1H3,(H2,10,11). The summed E-state index contributed by atoms with van der Waals surface area (Å²) in [6, 6.07) is 0.722. The first-order chi connectivity index (χ1) is 6.79. The maximum atomic E-state index is 5.37. The fourth-order valence-corrected chi connectivity index (χ4v) is 2.00. The smallest absolute Gasteiger partial charge is 0.319 e. The van der Waals surface area contributed by atoms with Gasteiger partial charge in [0, 0.05) is 13.1 Å². The summed E-state index contributed by atoms with van der Waals surface area (Å²) >= 11 is 0. The van der Waals surface area contributed by atoms with Crippen LogP contribution in [-0.2, 0) is 0 Å². The van der Waals surface area contributed by atoms with E-state index in [9.17, 15) is 0 Å². The third-order valence-corrected chi connectivity index (χ3v) is 2.68. The fraction of sp³-hybridized carbons (Fsp3) is 0.778. The minimum Gasteiger partial charge on any atom is -0.390 e. The van der Waals surface area contributed by atoms with Crippen molar-refractivity contribution in [2.75, 3.05) is 23.7 Å². The Morgan fingerprint density at radius 3 is 3.07 bits per heavy atom. The molecule has 2 heterocycles. The van der Waals surface area contributed by atoms with Crippen LogP contribution in [0.4, 0.5) is 12.0 Å². The van der Waals surface area contributed by atoms with Crippen LogP contribution >= 0.6 is 0 Å². The Hall–Kier alpha value is -1.26. The largest absolute Gasteiger partial charge is 0.390 e. The lowest BCUT2D eigenvalue weighted by atomic mass is 10.0. The Morgan fingerprint density at radius 2 is 2.43 bits per heavy atom. The quantitative estimate of drug-likeness (QED) is 0.788. The molecule has 1 fully saturated rings. The molecule has 0 amide bonds. The van der Waals surface area contributed by atoms with E-state index in [1.54, 1.807) is 0 Å². The Morgan fingerprint density at radius 1 is 1.57 bits per heavy atom. The number of anilines is 2. The van der Waals surface area contributed by atoms with Gasteiger partial charge >= 0.3 is 12.0 Å². The molecule has 0 radical (unpaired) electrons. The van der Waals surface area contributed by atoms with Crippen LogP contribution in [0.15, 0.2) is 4.42 Å². The van der Waals surface area contributed by atoms with Gasteiger partial charge in [-0.05, 0) is 18.8 Å². The first kappa shape index (κ1) is 9.30. The molecule has 14 heavy (non-hydrogen) atoms. The second kappa shape index (κ2) is 3.86. The van der Waals surface area contributed by atoms with Crippen molar-refractivity contribution >= 4 is 12.0 Å². The van der Waals surface area contributed by atoms with E-state index in [1.165, 1.54) is 19.3 Å². The van der Waals surface area contributed by atoms with Crippen molar-refractivity contribution < 1.29 is 4.42 Å². The molecule has 1 unspecified atom stereocenters. The molecule has 5 heteroatoms. The Labute approximate surface area is 83.3 Å². The van der Waals surface area contributed by atoms with Gasteiger partial charge in [-0.2, -0.15) is 0 Å². The highest BCUT2D eigenvalue weighted by Crippen LogP contribution is 2.25. The van der Waals surface area contributed by atoms with Crippen molar-refractivity contribution in [2.24, 2.45) is 5.92 Å². The molecule has 0 bridgehead atoms. The summed E-state index contributed by atoms with van der Waals surface area (Å²) in [6.07, 6.45) is 3.74. The van der Waals surface area contributed by atoms with Gasteiger partial charge in [0.15, 0.2) is 0 Å². The van der Waals surface area contributed by atoms with Crippen LogP contribution in [0.25, 0.3) is 0 Å². The molecular weight excluding hydrogens is 180 g/mol. The summed E-state index contributed by atoms with van der Waals surface area (Å²) in [5.74, 6) is 0.771. The first-order valence-corrected chi connectivity index (χ1v) is 5.13. The Kier molecular flexibility index (Phi) is 2.56. The minimum atomic E-state index is 0.152. The zero-order chi connectivity index (χ0) is 9.97. The highest BCUT2D eigenvalue weighted by atomic mass is 16.4. The summed E-state index contributed by atoms with van der Waals surface area (Å²) in [5.41, 5.74) is 5.37. The zero-order valence-corrected chi connectivity index (χ0v) is 8.44. The van der Waals surface area contributed by atoms with E-state index >= 15 is 0 Å². The molecular formula is C9H16N4O. The van der Waals surface area contributed by atoms with Crippen molar-refractivity contribution in [3.63, 3.8) is 0 Å². The number of nitrogens with zero attached hydrogens (tertiary/aromatic N) is 3. The summed E-state index contributed by atoms with van der Waals surface area (Å²) in [7, 11) is 0. The van der Waals surface area contributed by atoms with Crippen molar-refractivity contribution in [3.05, 3.63) is 0 Å². The molecule has 1 aliphatic heterocycles. The van der Waals surface area contributed by atoms with E-state index < -0.39 is 0 Å². The number of hydrogen-bond donors (Lipinski definition) is 1. The van der Waals surface area contributed by atoms with Gasteiger partial charge in [-0.25, -0.2) is 0 Å². The molecule has 78 valence electrons. The van der Waals surface area contributed by atoms with Crippen molar-refractivity contribution in [2.45, 2.75) is 26.2 Å². The van der Waals surface area contributed by atoms with E-state index in [2.05, 4.69) is 22.0 Å². The van der Waals surface area contributed by atoms with E-state index in [4.69, 9.17) is 10.2 Å². The monoisotopic (exact) mass is 196 g/mol. The number of aromatic nitrogens is 2. The van der Waals surface area contributed by atoms with E-state index in [0.29, 0.717) is 6.01 Å². The van der Waals surface area contributed by atoms with Gasteiger partial charge in [-0.15, -0.1) is 0 Å². The molecule has 1 aromatic heterocycles. The van der Waals surface area contributed by atoms with Gasteiger partial charge in [-0.3, -0.25) is 0 Å². The average molecular weight is 196 g/mol.